The lowest BCUT2D eigenvalue weighted by Gasteiger charge is -2.32. The zero-order chi connectivity index (χ0) is 11.5. The highest BCUT2D eigenvalue weighted by Gasteiger charge is 2.25. The van der Waals surface area contributed by atoms with Crippen molar-refractivity contribution >= 4 is 5.82 Å². The summed E-state index contributed by atoms with van der Waals surface area (Å²) < 4.78 is 0. The van der Waals surface area contributed by atoms with Crippen LogP contribution in [-0.2, 0) is 0 Å². The molecule has 1 fully saturated rings. The quantitative estimate of drug-likeness (QED) is 0.811. The number of hydrogen-bond acceptors (Lipinski definition) is 4. The van der Waals surface area contributed by atoms with Gasteiger partial charge in [-0.25, -0.2) is 9.97 Å². The number of nitrogens with two attached hydrogens (primary N) is 1. The van der Waals surface area contributed by atoms with Crippen molar-refractivity contribution in [1.82, 2.24) is 9.97 Å². The summed E-state index contributed by atoms with van der Waals surface area (Å²) in [5, 5.41) is 3.36. The van der Waals surface area contributed by atoms with Gasteiger partial charge in [-0.2, -0.15) is 0 Å². The van der Waals surface area contributed by atoms with Crippen molar-refractivity contribution in [3.63, 3.8) is 0 Å². The van der Waals surface area contributed by atoms with E-state index in [4.69, 9.17) is 5.73 Å². The summed E-state index contributed by atoms with van der Waals surface area (Å²) in [5.74, 6) is 2.09. The predicted octanol–water partition coefficient (Wildman–Crippen LogP) is 1.75. The van der Waals surface area contributed by atoms with Gasteiger partial charge in [-0.1, -0.05) is 13.8 Å². The zero-order valence-corrected chi connectivity index (χ0v) is 9.98. The summed E-state index contributed by atoms with van der Waals surface area (Å²) >= 11 is 0. The summed E-state index contributed by atoms with van der Waals surface area (Å²) in [6.45, 7) is 5.25. The van der Waals surface area contributed by atoms with Crippen LogP contribution in [0.25, 0.3) is 0 Å². The van der Waals surface area contributed by atoms with Crippen molar-refractivity contribution in [3.05, 3.63) is 18.1 Å². The molecular weight excluding hydrogens is 200 g/mol. The van der Waals surface area contributed by atoms with E-state index in [-0.39, 0.29) is 0 Å². The third-order valence-electron chi connectivity index (χ3n) is 3.12. The Morgan fingerprint density at radius 3 is 2.81 bits per heavy atom. The van der Waals surface area contributed by atoms with Gasteiger partial charge in [0.25, 0.3) is 0 Å². The van der Waals surface area contributed by atoms with Gasteiger partial charge in [0.2, 0.25) is 0 Å². The summed E-state index contributed by atoms with van der Waals surface area (Å²) in [5.41, 5.74) is 6.83. The average Bonchev–Trinajstić information content (AvgIpc) is 2.23. The summed E-state index contributed by atoms with van der Waals surface area (Å²) in [6.07, 6.45) is 3.90. The molecule has 1 heterocycles. The molecule has 3 N–H and O–H groups in total. The largest absolute Gasteiger partial charge is 0.370 e. The molecule has 88 valence electrons. The minimum atomic E-state index is 0.420. The van der Waals surface area contributed by atoms with Crippen LogP contribution in [0.2, 0.25) is 0 Å². The van der Waals surface area contributed by atoms with Crippen molar-refractivity contribution in [2.24, 2.45) is 11.7 Å². The Balaban J connectivity index is 1.86. The van der Waals surface area contributed by atoms with E-state index in [0.29, 0.717) is 17.9 Å². The molecule has 1 aliphatic rings. The summed E-state index contributed by atoms with van der Waals surface area (Å²) in [7, 11) is 0. The highest BCUT2D eigenvalue weighted by atomic mass is 15.0. The van der Waals surface area contributed by atoms with Crippen molar-refractivity contribution in [2.75, 3.05) is 11.9 Å². The van der Waals surface area contributed by atoms with Crippen LogP contribution >= 0.6 is 0 Å². The lowest BCUT2D eigenvalue weighted by molar-refractivity contribution is 0.280. The lowest BCUT2D eigenvalue weighted by Crippen LogP contribution is -2.39. The summed E-state index contributed by atoms with van der Waals surface area (Å²) in [4.78, 5) is 8.46. The molecule has 0 unspecified atom stereocenters. The van der Waals surface area contributed by atoms with E-state index in [1.165, 1.54) is 0 Å². The Morgan fingerprint density at radius 2 is 2.19 bits per heavy atom. The van der Waals surface area contributed by atoms with Crippen molar-refractivity contribution in [3.8, 4) is 0 Å². The standard InChI is InChI=1S/C12H20N4/c1-8(2)11-5-12(16-7-15-11)14-6-9-3-10(13)4-9/h5,7-10H,3-4,6,13H2,1-2H3,(H,14,15,16). The smallest absolute Gasteiger partial charge is 0.129 e. The van der Waals surface area contributed by atoms with Crippen LogP contribution in [0, 0.1) is 5.92 Å². The van der Waals surface area contributed by atoms with E-state index >= 15 is 0 Å². The van der Waals surface area contributed by atoms with Crippen molar-refractivity contribution in [2.45, 2.75) is 38.6 Å². The molecule has 0 saturated heterocycles. The molecule has 0 aromatic carbocycles. The van der Waals surface area contributed by atoms with E-state index in [1.807, 2.05) is 6.07 Å². The molecule has 2 rings (SSSR count). The number of anilines is 1. The molecule has 1 saturated carbocycles. The third-order valence-corrected chi connectivity index (χ3v) is 3.12. The SMILES string of the molecule is CC(C)c1cc(NCC2CC(N)C2)ncn1. The first-order chi connectivity index (χ1) is 7.65. The molecule has 0 atom stereocenters. The minimum Gasteiger partial charge on any atom is -0.370 e. The van der Waals surface area contributed by atoms with Gasteiger partial charge in [-0.05, 0) is 24.7 Å². The van der Waals surface area contributed by atoms with Gasteiger partial charge in [-0.15, -0.1) is 0 Å². The molecule has 0 amide bonds. The molecule has 1 aliphatic carbocycles. The molecular formula is C12H20N4. The normalized spacial score (nSPS) is 24.2. The molecule has 0 spiro atoms. The Labute approximate surface area is 96.7 Å². The van der Waals surface area contributed by atoms with Crippen molar-refractivity contribution in [1.29, 1.82) is 0 Å². The van der Waals surface area contributed by atoms with Crippen LogP contribution in [0.15, 0.2) is 12.4 Å². The fourth-order valence-corrected chi connectivity index (χ4v) is 1.99. The first-order valence-corrected chi connectivity index (χ1v) is 5.96. The van der Waals surface area contributed by atoms with Crippen LogP contribution in [0.5, 0.6) is 0 Å². The van der Waals surface area contributed by atoms with Gasteiger partial charge >= 0.3 is 0 Å². The Morgan fingerprint density at radius 1 is 1.44 bits per heavy atom. The maximum atomic E-state index is 5.75. The van der Waals surface area contributed by atoms with Crippen LogP contribution in [0.4, 0.5) is 5.82 Å². The summed E-state index contributed by atoms with van der Waals surface area (Å²) in [6, 6.07) is 2.45. The molecule has 0 bridgehead atoms. The number of rotatable bonds is 4. The maximum Gasteiger partial charge on any atom is 0.129 e. The highest BCUT2D eigenvalue weighted by Crippen LogP contribution is 2.25. The second-order valence-corrected chi connectivity index (χ2v) is 4.96. The molecule has 4 heteroatoms. The molecule has 1 aromatic heterocycles. The molecule has 16 heavy (non-hydrogen) atoms. The second-order valence-electron chi connectivity index (χ2n) is 4.96. The van der Waals surface area contributed by atoms with E-state index in [9.17, 15) is 0 Å². The lowest BCUT2D eigenvalue weighted by atomic mass is 9.81. The fourth-order valence-electron chi connectivity index (χ4n) is 1.99. The van der Waals surface area contributed by atoms with Gasteiger partial charge in [-0.3, -0.25) is 0 Å². The maximum absolute atomic E-state index is 5.75. The highest BCUT2D eigenvalue weighted by molar-refractivity contribution is 5.35. The van der Waals surface area contributed by atoms with E-state index < -0.39 is 0 Å². The van der Waals surface area contributed by atoms with Gasteiger partial charge in [0.15, 0.2) is 0 Å². The van der Waals surface area contributed by atoms with Gasteiger partial charge in [0.05, 0.1) is 0 Å². The minimum absolute atomic E-state index is 0.420. The first kappa shape index (κ1) is 11.3. The molecule has 0 aliphatic heterocycles. The monoisotopic (exact) mass is 220 g/mol. The Kier molecular flexibility index (Phi) is 3.39. The first-order valence-electron chi connectivity index (χ1n) is 5.96. The number of aromatic nitrogens is 2. The van der Waals surface area contributed by atoms with E-state index in [0.717, 1.165) is 30.9 Å². The van der Waals surface area contributed by atoms with Crippen molar-refractivity contribution < 1.29 is 0 Å². The Bertz CT molecular complexity index is 345. The average molecular weight is 220 g/mol. The second kappa shape index (κ2) is 4.78. The predicted molar refractivity (Wildman–Crippen MR) is 65.3 cm³/mol. The van der Waals surface area contributed by atoms with E-state index in [2.05, 4.69) is 29.1 Å². The number of nitrogens with one attached hydrogen (secondary N) is 1. The van der Waals surface area contributed by atoms with Gasteiger partial charge in [0.1, 0.15) is 12.1 Å². The van der Waals surface area contributed by atoms with Gasteiger partial charge < -0.3 is 11.1 Å². The molecule has 4 nitrogen and oxygen atoms in total. The zero-order valence-electron chi connectivity index (χ0n) is 9.98. The third kappa shape index (κ3) is 2.70. The Hall–Kier alpha value is -1.16. The van der Waals surface area contributed by atoms with Gasteiger partial charge in [0, 0.05) is 24.3 Å². The fraction of sp³-hybridized carbons (Fsp3) is 0.667. The molecule has 0 radical (unpaired) electrons. The number of hydrogen-bond donors (Lipinski definition) is 2. The molecule has 1 aromatic rings. The van der Waals surface area contributed by atoms with Crippen LogP contribution in [0.1, 0.15) is 38.3 Å². The van der Waals surface area contributed by atoms with Crippen LogP contribution < -0.4 is 11.1 Å². The van der Waals surface area contributed by atoms with Crippen LogP contribution in [-0.4, -0.2) is 22.6 Å². The number of nitrogens with zero attached hydrogens (tertiary/aromatic N) is 2. The topological polar surface area (TPSA) is 63.8 Å². The van der Waals surface area contributed by atoms with Crippen LogP contribution in [0.3, 0.4) is 0 Å². The van der Waals surface area contributed by atoms with E-state index in [1.54, 1.807) is 6.33 Å².